The lowest BCUT2D eigenvalue weighted by atomic mass is 10.1. The molecule has 9 heteroatoms. The van der Waals surface area contributed by atoms with Crippen molar-refractivity contribution in [1.82, 2.24) is 19.5 Å². The van der Waals surface area contributed by atoms with Gasteiger partial charge in [-0.25, -0.2) is 15.0 Å². The highest BCUT2D eigenvalue weighted by atomic mass is 16.6. The number of nitrogens with zero attached hydrogens (tertiary/aromatic N) is 5. The minimum absolute atomic E-state index is 0.387. The van der Waals surface area contributed by atoms with Crippen LogP contribution in [-0.4, -0.2) is 66.8 Å². The van der Waals surface area contributed by atoms with Crippen LogP contribution in [0.3, 0.4) is 0 Å². The molecule has 4 unspecified atom stereocenters. The quantitative estimate of drug-likeness (QED) is 0.577. The van der Waals surface area contributed by atoms with Crippen molar-refractivity contribution in [2.45, 2.75) is 31.1 Å². The molecule has 3 aromatic rings. The van der Waals surface area contributed by atoms with Gasteiger partial charge in [0.1, 0.15) is 24.6 Å². The molecule has 4 rings (SSSR count). The smallest absolute Gasteiger partial charge is 0.167 e. The van der Waals surface area contributed by atoms with Crippen LogP contribution in [0.5, 0.6) is 0 Å². The average molecular weight is 371 g/mol. The summed E-state index contributed by atoms with van der Waals surface area (Å²) in [5, 5.41) is 29.6. The van der Waals surface area contributed by atoms with Gasteiger partial charge in [0.2, 0.25) is 0 Å². The van der Waals surface area contributed by atoms with Crippen molar-refractivity contribution in [3.63, 3.8) is 0 Å². The molecule has 1 aromatic carbocycles. The van der Waals surface area contributed by atoms with E-state index in [0.717, 1.165) is 5.56 Å². The van der Waals surface area contributed by atoms with Crippen molar-refractivity contribution >= 4 is 17.0 Å². The summed E-state index contributed by atoms with van der Waals surface area (Å²) in [4.78, 5) is 15.0. The van der Waals surface area contributed by atoms with E-state index < -0.39 is 24.5 Å². The van der Waals surface area contributed by atoms with E-state index in [1.165, 1.54) is 12.7 Å². The Morgan fingerprint density at radius 3 is 2.59 bits per heavy atom. The predicted octanol–water partition coefficient (Wildman–Crippen LogP) is 0.0742. The zero-order valence-corrected chi connectivity index (χ0v) is 14.8. The van der Waals surface area contributed by atoms with Crippen LogP contribution >= 0.6 is 0 Å². The highest BCUT2D eigenvalue weighted by Gasteiger charge is 2.44. The van der Waals surface area contributed by atoms with E-state index in [0.29, 0.717) is 23.5 Å². The van der Waals surface area contributed by atoms with Crippen molar-refractivity contribution in [2.24, 2.45) is 0 Å². The second kappa shape index (κ2) is 7.20. The van der Waals surface area contributed by atoms with Gasteiger partial charge in [-0.3, -0.25) is 4.57 Å². The first-order valence-corrected chi connectivity index (χ1v) is 8.65. The summed E-state index contributed by atoms with van der Waals surface area (Å²) in [5.74, 6) is 0.648. The van der Waals surface area contributed by atoms with Gasteiger partial charge in [0.25, 0.3) is 0 Å². The number of rotatable bonds is 5. The third kappa shape index (κ3) is 3.15. The molecule has 0 bridgehead atoms. The third-order valence-corrected chi connectivity index (χ3v) is 4.75. The number of aromatic nitrogens is 4. The Morgan fingerprint density at radius 1 is 1.11 bits per heavy atom. The van der Waals surface area contributed by atoms with Crippen LogP contribution in [0, 0.1) is 0 Å². The van der Waals surface area contributed by atoms with Gasteiger partial charge in [-0.05, 0) is 5.56 Å². The first-order chi connectivity index (χ1) is 13.1. The van der Waals surface area contributed by atoms with Gasteiger partial charge in [0.05, 0.1) is 12.9 Å². The van der Waals surface area contributed by atoms with Crippen LogP contribution in [-0.2, 0) is 11.3 Å². The Labute approximate surface area is 155 Å². The number of imidazole rings is 1. The monoisotopic (exact) mass is 371 g/mol. The summed E-state index contributed by atoms with van der Waals surface area (Å²) in [5.41, 5.74) is 2.18. The Balaban J connectivity index is 1.66. The van der Waals surface area contributed by atoms with Crippen molar-refractivity contribution in [2.75, 3.05) is 18.6 Å². The molecule has 3 N–H and O–H groups in total. The number of ether oxygens (including phenoxy) is 1. The SMILES string of the molecule is CN(Cc1ccccc1)c1ncnc2c1ncn2C1OC(CO)C(O)C1O. The summed E-state index contributed by atoms with van der Waals surface area (Å²) in [7, 11) is 1.92. The van der Waals surface area contributed by atoms with Gasteiger partial charge in [-0.1, -0.05) is 30.3 Å². The Hall–Kier alpha value is -2.59. The fourth-order valence-corrected chi connectivity index (χ4v) is 3.35. The minimum Gasteiger partial charge on any atom is -0.394 e. The molecule has 1 aliphatic rings. The van der Waals surface area contributed by atoms with Gasteiger partial charge >= 0.3 is 0 Å². The molecule has 0 spiro atoms. The Morgan fingerprint density at radius 2 is 1.89 bits per heavy atom. The molecule has 1 saturated heterocycles. The largest absolute Gasteiger partial charge is 0.394 e. The first kappa shape index (κ1) is 17.8. The summed E-state index contributed by atoms with van der Waals surface area (Å²) in [6, 6.07) is 10.00. The van der Waals surface area contributed by atoms with E-state index in [9.17, 15) is 15.3 Å². The van der Waals surface area contributed by atoms with Gasteiger partial charge < -0.3 is 25.0 Å². The molecular weight excluding hydrogens is 350 g/mol. The van der Waals surface area contributed by atoms with E-state index in [-0.39, 0.29) is 6.61 Å². The lowest BCUT2D eigenvalue weighted by Crippen LogP contribution is -2.33. The van der Waals surface area contributed by atoms with Crippen LogP contribution < -0.4 is 4.90 Å². The third-order valence-electron chi connectivity index (χ3n) is 4.75. The topological polar surface area (TPSA) is 117 Å². The highest BCUT2D eigenvalue weighted by molar-refractivity contribution is 5.83. The summed E-state index contributed by atoms with van der Waals surface area (Å²) >= 11 is 0. The maximum absolute atomic E-state index is 10.3. The summed E-state index contributed by atoms with van der Waals surface area (Å²) in [6.45, 7) is 0.259. The molecule has 2 aromatic heterocycles. The van der Waals surface area contributed by atoms with Crippen molar-refractivity contribution in [3.8, 4) is 0 Å². The van der Waals surface area contributed by atoms with E-state index in [1.807, 2.05) is 42.3 Å². The van der Waals surface area contributed by atoms with E-state index in [1.54, 1.807) is 4.57 Å². The van der Waals surface area contributed by atoms with Crippen molar-refractivity contribution in [3.05, 3.63) is 48.5 Å². The summed E-state index contributed by atoms with van der Waals surface area (Å²) < 4.78 is 7.14. The molecule has 1 fully saturated rings. The first-order valence-electron chi connectivity index (χ1n) is 8.65. The highest BCUT2D eigenvalue weighted by Crippen LogP contribution is 2.32. The molecule has 0 amide bonds. The molecular formula is C18H21N5O4. The minimum atomic E-state index is -1.19. The maximum Gasteiger partial charge on any atom is 0.167 e. The fourth-order valence-electron chi connectivity index (χ4n) is 3.35. The van der Waals surface area contributed by atoms with Crippen LogP contribution in [0.25, 0.3) is 11.2 Å². The van der Waals surface area contributed by atoms with E-state index >= 15 is 0 Å². The number of benzene rings is 1. The van der Waals surface area contributed by atoms with Crippen molar-refractivity contribution in [1.29, 1.82) is 0 Å². The zero-order valence-electron chi connectivity index (χ0n) is 14.8. The second-order valence-electron chi connectivity index (χ2n) is 6.59. The number of hydrogen-bond acceptors (Lipinski definition) is 8. The van der Waals surface area contributed by atoms with Crippen molar-refractivity contribution < 1.29 is 20.1 Å². The van der Waals surface area contributed by atoms with E-state index in [2.05, 4.69) is 15.0 Å². The lowest BCUT2D eigenvalue weighted by Gasteiger charge is -2.19. The molecule has 27 heavy (non-hydrogen) atoms. The molecule has 4 atom stereocenters. The van der Waals surface area contributed by atoms with Gasteiger partial charge in [0.15, 0.2) is 23.2 Å². The number of aliphatic hydroxyl groups excluding tert-OH is 3. The Kier molecular flexibility index (Phi) is 4.75. The van der Waals surface area contributed by atoms with Gasteiger partial charge in [0, 0.05) is 13.6 Å². The fraction of sp³-hybridized carbons (Fsp3) is 0.389. The average Bonchev–Trinajstić information content (AvgIpc) is 3.24. The number of aliphatic hydroxyl groups is 3. The van der Waals surface area contributed by atoms with Gasteiger partial charge in [-0.15, -0.1) is 0 Å². The molecule has 1 aliphatic heterocycles. The van der Waals surface area contributed by atoms with Crippen LogP contribution in [0.1, 0.15) is 11.8 Å². The standard InChI is InChI=1S/C18H21N5O4/c1-22(7-11-5-3-2-4-6-11)16-13-17(20-9-19-16)23(10-21-13)18-15(26)14(25)12(8-24)27-18/h2-6,9-10,12,14-15,18,24-26H,7-8H2,1H3. The maximum atomic E-state index is 10.3. The predicted molar refractivity (Wildman–Crippen MR) is 96.9 cm³/mol. The second-order valence-corrected chi connectivity index (χ2v) is 6.59. The molecule has 142 valence electrons. The van der Waals surface area contributed by atoms with Crippen LogP contribution in [0.2, 0.25) is 0 Å². The number of hydrogen-bond donors (Lipinski definition) is 3. The molecule has 3 heterocycles. The zero-order chi connectivity index (χ0) is 19.0. The van der Waals surface area contributed by atoms with Crippen LogP contribution in [0.15, 0.2) is 43.0 Å². The number of fused-ring (bicyclic) bond motifs is 1. The molecule has 0 saturated carbocycles. The van der Waals surface area contributed by atoms with Gasteiger partial charge in [-0.2, -0.15) is 0 Å². The molecule has 9 nitrogen and oxygen atoms in total. The normalized spacial score (nSPS) is 25.2. The van der Waals surface area contributed by atoms with Crippen LogP contribution in [0.4, 0.5) is 5.82 Å². The molecule has 0 aliphatic carbocycles. The molecule has 0 radical (unpaired) electrons. The lowest BCUT2D eigenvalue weighted by molar-refractivity contribution is -0.0511. The number of anilines is 1. The van der Waals surface area contributed by atoms with E-state index in [4.69, 9.17) is 4.74 Å². The Bertz CT molecular complexity index is 919. The summed E-state index contributed by atoms with van der Waals surface area (Å²) in [6.07, 6.45) is -1.19.